The third kappa shape index (κ3) is 5.34. The van der Waals surface area contributed by atoms with Crippen molar-refractivity contribution < 1.29 is 9.53 Å². The van der Waals surface area contributed by atoms with Crippen LogP contribution in [0.3, 0.4) is 0 Å². The van der Waals surface area contributed by atoms with E-state index in [0.29, 0.717) is 11.7 Å². The highest BCUT2D eigenvalue weighted by Gasteiger charge is 2.17. The number of nitrogens with zero attached hydrogens (tertiary/aromatic N) is 3. The zero-order valence-electron chi connectivity index (χ0n) is 17.0. The Labute approximate surface area is 189 Å². The summed E-state index contributed by atoms with van der Waals surface area (Å²) in [4.78, 5) is 13.6. The first-order chi connectivity index (χ1) is 15.2. The number of amides is 1. The molecule has 2 heterocycles. The van der Waals surface area contributed by atoms with Crippen molar-refractivity contribution in [2.24, 2.45) is 0 Å². The molecule has 2 aromatic heterocycles. The number of para-hydroxylation sites is 1. The number of ether oxygens (including phenoxy) is 1. The highest BCUT2D eigenvalue weighted by molar-refractivity contribution is 7.99. The molecule has 6 nitrogen and oxygen atoms in total. The smallest absolute Gasteiger partial charge is 0.230 e. The van der Waals surface area contributed by atoms with Crippen molar-refractivity contribution in [2.75, 3.05) is 19.4 Å². The largest absolute Gasteiger partial charge is 0.497 e. The fourth-order valence-corrected chi connectivity index (χ4v) is 4.55. The molecule has 0 spiro atoms. The molecule has 0 aliphatic rings. The summed E-state index contributed by atoms with van der Waals surface area (Å²) in [6.45, 7) is 0.627. The second kappa shape index (κ2) is 10.3. The van der Waals surface area contributed by atoms with E-state index in [-0.39, 0.29) is 11.7 Å². The van der Waals surface area contributed by atoms with E-state index >= 15 is 0 Å². The average molecular weight is 451 g/mol. The van der Waals surface area contributed by atoms with Crippen LogP contribution in [0.25, 0.3) is 17.1 Å². The van der Waals surface area contributed by atoms with Crippen molar-refractivity contribution in [2.45, 2.75) is 11.6 Å². The maximum absolute atomic E-state index is 12.3. The van der Waals surface area contributed by atoms with E-state index in [9.17, 15) is 4.79 Å². The van der Waals surface area contributed by atoms with Gasteiger partial charge in [-0.3, -0.25) is 9.36 Å². The van der Waals surface area contributed by atoms with Gasteiger partial charge in [0.25, 0.3) is 0 Å². The minimum Gasteiger partial charge on any atom is -0.497 e. The third-order valence-corrected chi connectivity index (χ3v) is 6.47. The van der Waals surface area contributed by atoms with E-state index in [1.807, 2.05) is 70.6 Å². The van der Waals surface area contributed by atoms with E-state index in [2.05, 4.69) is 21.6 Å². The molecule has 2 aromatic carbocycles. The number of thiophene rings is 1. The molecule has 0 fully saturated rings. The summed E-state index contributed by atoms with van der Waals surface area (Å²) in [5, 5.41) is 14.5. The van der Waals surface area contributed by atoms with Gasteiger partial charge in [-0.15, -0.1) is 21.5 Å². The molecule has 0 aliphatic heterocycles. The summed E-state index contributed by atoms with van der Waals surface area (Å²) in [7, 11) is 1.64. The Morgan fingerprint density at radius 3 is 2.58 bits per heavy atom. The van der Waals surface area contributed by atoms with Gasteiger partial charge >= 0.3 is 0 Å². The number of benzene rings is 2. The summed E-state index contributed by atoms with van der Waals surface area (Å²) < 4.78 is 7.23. The Morgan fingerprint density at radius 2 is 1.87 bits per heavy atom. The molecular weight excluding hydrogens is 428 g/mol. The molecule has 0 saturated heterocycles. The van der Waals surface area contributed by atoms with E-state index in [0.717, 1.165) is 29.2 Å². The maximum Gasteiger partial charge on any atom is 0.230 e. The molecule has 4 aromatic rings. The van der Waals surface area contributed by atoms with Crippen LogP contribution in [0, 0.1) is 0 Å². The van der Waals surface area contributed by atoms with Gasteiger partial charge in [0.2, 0.25) is 5.91 Å². The molecule has 0 atom stereocenters. The Morgan fingerprint density at radius 1 is 1.06 bits per heavy atom. The second-order valence-electron chi connectivity index (χ2n) is 6.67. The van der Waals surface area contributed by atoms with Gasteiger partial charge in [0, 0.05) is 22.7 Å². The first-order valence-corrected chi connectivity index (χ1v) is 11.7. The summed E-state index contributed by atoms with van der Waals surface area (Å²) in [5.74, 6) is 1.76. The van der Waals surface area contributed by atoms with Crippen LogP contribution in [-0.4, -0.2) is 40.1 Å². The average Bonchev–Trinajstić information content (AvgIpc) is 3.48. The van der Waals surface area contributed by atoms with E-state index in [1.54, 1.807) is 18.4 Å². The number of carbonyl (C=O) groups is 1. The number of hydrogen-bond donors (Lipinski definition) is 1. The van der Waals surface area contributed by atoms with Crippen molar-refractivity contribution in [1.29, 1.82) is 0 Å². The summed E-state index contributed by atoms with van der Waals surface area (Å²) in [5.41, 5.74) is 1.86. The minimum atomic E-state index is -0.0184. The maximum atomic E-state index is 12.3. The van der Waals surface area contributed by atoms with Crippen molar-refractivity contribution in [3.05, 3.63) is 77.0 Å². The molecule has 0 aliphatic carbocycles. The zero-order chi connectivity index (χ0) is 21.5. The lowest BCUT2D eigenvalue weighted by Crippen LogP contribution is -2.27. The molecule has 8 heteroatoms. The van der Waals surface area contributed by atoms with Gasteiger partial charge in [0.15, 0.2) is 11.0 Å². The molecular formula is C23H22N4O2S2. The molecule has 0 unspecified atom stereocenters. The Balaban J connectivity index is 1.49. The van der Waals surface area contributed by atoms with Crippen LogP contribution >= 0.6 is 23.1 Å². The molecule has 1 amide bonds. The summed E-state index contributed by atoms with van der Waals surface area (Å²) in [6.07, 6.45) is 0.843. The standard InChI is InChI=1S/C23H22N4O2S2/c1-29-19-11-9-17(10-12-19)22-25-26-23(27(22)18-6-3-2-4-7-18)31-16-21(28)24-14-13-20-8-5-15-30-20/h2-12,15H,13-14,16H2,1H3,(H,24,28). The second-order valence-corrected chi connectivity index (χ2v) is 8.65. The lowest BCUT2D eigenvalue weighted by Gasteiger charge is -2.11. The summed E-state index contributed by atoms with van der Waals surface area (Å²) >= 11 is 3.08. The van der Waals surface area contributed by atoms with Crippen LogP contribution in [0.1, 0.15) is 4.88 Å². The summed E-state index contributed by atoms with van der Waals surface area (Å²) in [6, 6.07) is 21.7. The monoisotopic (exact) mass is 450 g/mol. The molecule has 0 bridgehead atoms. The topological polar surface area (TPSA) is 69.0 Å². The van der Waals surface area contributed by atoms with E-state index < -0.39 is 0 Å². The Bertz CT molecular complexity index is 1110. The van der Waals surface area contributed by atoms with Crippen molar-refractivity contribution >= 4 is 29.0 Å². The quantitative estimate of drug-likeness (QED) is 0.382. The van der Waals surface area contributed by atoms with Gasteiger partial charge in [-0.2, -0.15) is 0 Å². The van der Waals surface area contributed by atoms with E-state index in [1.165, 1.54) is 16.6 Å². The number of aromatic nitrogens is 3. The van der Waals surface area contributed by atoms with Crippen molar-refractivity contribution in [3.8, 4) is 22.8 Å². The highest BCUT2D eigenvalue weighted by Crippen LogP contribution is 2.28. The van der Waals surface area contributed by atoms with Crippen molar-refractivity contribution in [3.63, 3.8) is 0 Å². The number of nitrogens with one attached hydrogen (secondary N) is 1. The number of rotatable bonds is 9. The van der Waals surface area contributed by atoms with Gasteiger partial charge in [-0.05, 0) is 54.3 Å². The van der Waals surface area contributed by atoms with Crippen LogP contribution in [0.15, 0.2) is 77.3 Å². The van der Waals surface area contributed by atoms with Gasteiger partial charge in [0.05, 0.1) is 12.9 Å². The zero-order valence-corrected chi connectivity index (χ0v) is 18.7. The number of hydrogen-bond acceptors (Lipinski definition) is 6. The van der Waals surface area contributed by atoms with Gasteiger partial charge in [-0.1, -0.05) is 36.0 Å². The van der Waals surface area contributed by atoms with Crippen LogP contribution in [0.2, 0.25) is 0 Å². The number of carbonyl (C=O) groups excluding carboxylic acids is 1. The van der Waals surface area contributed by atoms with Gasteiger partial charge < -0.3 is 10.1 Å². The van der Waals surface area contributed by atoms with E-state index in [4.69, 9.17) is 4.74 Å². The Kier molecular flexibility index (Phi) is 7.01. The third-order valence-electron chi connectivity index (χ3n) is 4.60. The SMILES string of the molecule is COc1ccc(-c2nnc(SCC(=O)NCCc3cccs3)n2-c2ccccc2)cc1. The molecule has 31 heavy (non-hydrogen) atoms. The predicted molar refractivity (Wildman–Crippen MR) is 125 cm³/mol. The molecule has 4 rings (SSSR count). The molecule has 1 N–H and O–H groups in total. The van der Waals surface area contributed by atoms with Gasteiger partial charge in [0.1, 0.15) is 5.75 Å². The van der Waals surface area contributed by atoms with Crippen LogP contribution in [-0.2, 0) is 11.2 Å². The van der Waals surface area contributed by atoms with Crippen molar-refractivity contribution in [1.82, 2.24) is 20.1 Å². The van der Waals surface area contributed by atoms with Crippen LogP contribution < -0.4 is 10.1 Å². The lowest BCUT2D eigenvalue weighted by molar-refractivity contribution is -0.118. The first kappa shape index (κ1) is 21.1. The molecule has 158 valence electrons. The number of thioether (sulfide) groups is 1. The van der Waals surface area contributed by atoms with Crippen LogP contribution in [0.5, 0.6) is 5.75 Å². The lowest BCUT2D eigenvalue weighted by atomic mass is 10.2. The fourth-order valence-electron chi connectivity index (χ4n) is 3.06. The highest BCUT2D eigenvalue weighted by atomic mass is 32.2. The molecule has 0 saturated carbocycles. The normalized spacial score (nSPS) is 10.7. The predicted octanol–water partition coefficient (Wildman–Crippen LogP) is 4.46. The van der Waals surface area contributed by atoms with Gasteiger partial charge in [-0.25, -0.2) is 0 Å². The first-order valence-electron chi connectivity index (χ1n) is 9.82. The number of methoxy groups -OCH3 is 1. The Hall–Kier alpha value is -3.10. The van der Waals surface area contributed by atoms with Crippen LogP contribution in [0.4, 0.5) is 0 Å². The molecule has 0 radical (unpaired) electrons. The fraction of sp³-hybridized carbons (Fsp3) is 0.174. The minimum absolute atomic E-state index is 0.0184.